The van der Waals surface area contributed by atoms with E-state index in [0.29, 0.717) is 5.11 Å². The molecule has 0 amide bonds. The summed E-state index contributed by atoms with van der Waals surface area (Å²) in [6.45, 7) is 2.77. The van der Waals surface area contributed by atoms with Crippen molar-refractivity contribution in [3.8, 4) is 0 Å². The maximum absolute atomic E-state index is 11.3. The van der Waals surface area contributed by atoms with Gasteiger partial charge in [-0.3, -0.25) is 0 Å². The maximum Gasteiger partial charge on any atom is 0.238 e. The molecule has 134 valence electrons. The van der Waals surface area contributed by atoms with Gasteiger partial charge >= 0.3 is 0 Å². The van der Waals surface area contributed by atoms with Crippen LogP contribution in [0.4, 0.5) is 0 Å². The Morgan fingerprint density at radius 3 is 2.32 bits per heavy atom. The standard InChI is InChI=1S/C18H23N3O2S2/c1-14(16-8-10-17(11-9-16)25(19,22)23)21(2)18(24)20-13-12-15-6-4-3-5-7-15/h3-11,14H,12-13H2,1-2H3,(H,20,24)(H2,19,22,23)/t14-/m1/s1. The number of hydrogen-bond donors (Lipinski definition) is 2. The Morgan fingerprint density at radius 1 is 1.16 bits per heavy atom. The molecule has 0 heterocycles. The normalized spacial score (nSPS) is 12.4. The molecule has 0 fully saturated rings. The molecule has 25 heavy (non-hydrogen) atoms. The number of benzene rings is 2. The van der Waals surface area contributed by atoms with Gasteiger partial charge in [0.1, 0.15) is 0 Å². The Hall–Kier alpha value is -1.96. The van der Waals surface area contributed by atoms with E-state index in [4.69, 9.17) is 17.4 Å². The Morgan fingerprint density at radius 2 is 1.76 bits per heavy atom. The van der Waals surface area contributed by atoms with E-state index in [1.165, 1.54) is 17.7 Å². The molecule has 0 bridgehead atoms. The smallest absolute Gasteiger partial charge is 0.238 e. The van der Waals surface area contributed by atoms with Crippen LogP contribution in [0.1, 0.15) is 24.1 Å². The summed E-state index contributed by atoms with van der Waals surface area (Å²) < 4.78 is 22.7. The molecule has 0 aliphatic carbocycles. The fourth-order valence-corrected chi connectivity index (χ4v) is 3.19. The van der Waals surface area contributed by atoms with Crippen LogP contribution in [0, 0.1) is 0 Å². The van der Waals surface area contributed by atoms with Crippen LogP contribution in [0.25, 0.3) is 0 Å². The van der Waals surface area contributed by atoms with Gasteiger partial charge in [-0.2, -0.15) is 0 Å². The molecule has 3 N–H and O–H groups in total. The topological polar surface area (TPSA) is 75.4 Å². The number of thiocarbonyl (C=S) groups is 1. The first-order valence-electron chi connectivity index (χ1n) is 7.96. The molecule has 2 aromatic rings. The van der Waals surface area contributed by atoms with Crippen molar-refractivity contribution in [2.45, 2.75) is 24.3 Å². The van der Waals surface area contributed by atoms with E-state index in [1.807, 2.05) is 37.1 Å². The highest BCUT2D eigenvalue weighted by Crippen LogP contribution is 2.20. The monoisotopic (exact) mass is 377 g/mol. The lowest BCUT2D eigenvalue weighted by Crippen LogP contribution is -2.39. The Bertz CT molecular complexity index is 806. The van der Waals surface area contributed by atoms with E-state index >= 15 is 0 Å². The predicted molar refractivity (Wildman–Crippen MR) is 105 cm³/mol. The fourth-order valence-electron chi connectivity index (χ4n) is 2.42. The number of nitrogens with one attached hydrogen (secondary N) is 1. The molecule has 0 aromatic heterocycles. The highest BCUT2D eigenvalue weighted by molar-refractivity contribution is 7.89. The van der Waals surface area contributed by atoms with Crippen LogP contribution < -0.4 is 10.5 Å². The van der Waals surface area contributed by atoms with Gasteiger partial charge in [0.05, 0.1) is 10.9 Å². The zero-order valence-electron chi connectivity index (χ0n) is 14.3. The number of rotatable bonds is 6. The van der Waals surface area contributed by atoms with Crippen LogP contribution in [0.3, 0.4) is 0 Å². The fraction of sp³-hybridized carbons (Fsp3) is 0.278. The summed E-state index contributed by atoms with van der Waals surface area (Å²) in [4.78, 5) is 2.06. The number of hydrogen-bond acceptors (Lipinski definition) is 3. The Labute approximate surface area is 154 Å². The van der Waals surface area contributed by atoms with E-state index < -0.39 is 10.0 Å². The molecule has 0 saturated carbocycles. The first-order valence-corrected chi connectivity index (χ1v) is 9.92. The third-order valence-electron chi connectivity index (χ3n) is 4.13. The third-order valence-corrected chi connectivity index (χ3v) is 5.49. The molecule has 0 unspecified atom stereocenters. The molecular weight excluding hydrogens is 354 g/mol. The average Bonchev–Trinajstić information content (AvgIpc) is 2.60. The van der Waals surface area contributed by atoms with Crippen LogP contribution in [0.2, 0.25) is 0 Å². The van der Waals surface area contributed by atoms with Crippen molar-refractivity contribution < 1.29 is 8.42 Å². The number of sulfonamides is 1. The van der Waals surface area contributed by atoms with Crippen LogP contribution in [-0.4, -0.2) is 32.0 Å². The van der Waals surface area contributed by atoms with Gasteiger partial charge in [-0.25, -0.2) is 13.6 Å². The lowest BCUT2D eigenvalue weighted by Gasteiger charge is -2.28. The minimum absolute atomic E-state index is 0.00579. The Balaban J connectivity index is 1.92. The van der Waals surface area contributed by atoms with Gasteiger partial charge in [-0.15, -0.1) is 0 Å². The molecule has 0 radical (unpaired) electrons. The van der Waals surface area contributed by atoms with Crippen molar-refractivity contribution in [2.75, 3.05) is 13.6 Å². The lowest BCUT2D eigenvalue weighted by atomic mass is 10.1. The Kier molecular flexibility index (Phi) is 6.52. The number of nitrogens with two attached hydrogens (primary N) is 1. The second-order valence-electron chi connectivity index (χ2n) is 5.87. The van der Waals surface area contributed by atoms with Gasteiger partial charge in [0.15, 0.2) is 5.11 Å². The predicted octanol–water partition coefficient (Wildman–Crippen LogP) is 2.44. The quantitative estimate of drug-likeness (QED) is 0.757. The molecule has 2 aromatic carbocycles. The highest BCUT2D eigenvalue weighted by atomic mass is 32.2. The maximum atomic E-state index is 11.3. The SMILES string of the molecule is C[C@H](c1ccc(S(N)(=O)=O)cc1)N(C)C(=S)NCCc1ccccc1. The molecular formula is C18H23N3O2S2. The van der Waals surface area contributed by atoms with E-state index in [2.05, 4.69) is 17.4 Å². The van der Waals surface area contributed by atoms with E-state index in [9.17, 15) is 8.42 Å². The molecule has 7 heteroatoms. The van der Waals surface area contributed by atoms with Crippen molar-refractivity contribution in [3.05, 3.63) is 65.7 Å². The molecule has 1 atom stereocenters. The van der Waals surface area contributed by atoms with E-state index in [0.717, 1.165) is 18.5 Å². The van der Waals surface area contributed by atoms with Crippen LogP contribution >= 0.6 is 12.2 Å². The van der Waals surface area contributed by atoms with Crippen molar-refractivity contribution in [1.29, 1.82) is 0 Å². The number of primary sulfonamides is 1. The molecule has 2 rings (SSSR count). The second kappa shape index (κ2) is 8.42. The van der Waals surface area contributed by atoms with Crippen molar-refractivity contribution >= 4 is 27.4 Å². The largest absolute Gasteiger partial charge is 0.362 e. The van der Waals surface area contributed by atoms with Crippen molar-refractivity contribution in [1.82, 2.24) is 10.2 Å². The first-order chi connectivity index (χ1) is 11.8. The zero-order chi connectivity index (χ0) is 18.4. The van der Waals surface area contributed by atoms with Gasteiger partial charge in [0.25, 0.3) is 0 Å². The van der Waals surface area contributed by atoms with Crippen LogP contribution in [0.15, 0.2) is 59.5 Å². The summed E-state index contributed by atoms with van der Waals surface area (Å²) in [6.07, 6.45) is 0.895. The summed E-state index contributed by atoms with van der Waals surface area (Å²) >= 11 is 5.45. The summed E-state index contributed by atoms with van der Waals surface area (Å²) in [6, 6.07) is 16.8. The molecule has 0 spiro atoms. The summed E-state index contributed by atoms with van der Waals surface area (Å²) in [5.41, 5.74) is 2.22. The minimum Gasteiger partial charge on any atom is -0.362 e. The van der Waals surface area contributed by atoms with Gasteiger partial charge in [-0.1, -0.05) is 42.5 Å². The second-order valence-corrected chi connectivity index (χ2v) is 7.82. The molecule has 5 nitrogen and oxygen atoms in total. The minimum atomic E-state index is -3.67. The molecule has 0 aliphatic rings. The van der Waals surface area contributed by atoms with E-state index in [1.54, 1.807) is 12.1 Å². The van der Waals surface area contributed by atoms with Crippen molar-refractivity contribution in [3.63, 3.8) is 0 Å². The third kappa shape index (κ3) is 5.52. The summed E-state index contributed by atoms with van der Waals surface area (Å²) in [7, 11) is -1.76. The summed E-state index contributed by atoms with van der Waals surface area (Å²) in [5, 5.41) is 9.04. The average molecular weight is 378 g/mol. The zero-order valence-corrected chi connectivity index (χ0v) is 16.0. The van der Waals surface area contributed by atoms with Gasteiger partial charge in [0, 0.05) is 13.6 Å². The van der Waals surface area contributed by atoms with Gasteiger partial charge in [0.2, 0.25) is 10.0 Å². The highest BCUT2D eigenvalue weighted by Gasteiger charge is 2.15. The molecule has 0 aliphatic heterocycles. The first kappa shape index (κ1) is 19.4. The summed E-state index contributed by atoms with van der Waals surface area (Å²) in [5.74, 6) is 0. The van der Waals surface area contributed by atoms with Gasteiger partial charge < -0.3 is 10.2 Å². The van der Waals surface area contributed by atoms with Crippen molar-refractivity contribution in [2.24, 2.45) is 5.14 Å². The van der Waals surface area contributed by atoms with E-state index in [-0.39, 0.29) is 10.9 Å². The van der Waals surface area contributed by atoms with Gasteiger partial charge in [-0.05, 0) is 48.8 Å². The van der Waals surface area contributed by atoms with Crippen LogP contribution in [-0.2, 0) is 16.4 Å². The van der Waals surface area contributed by atoms with Crippen LogP contribution in [0.5, 0.6) is 0 Å². The lowest BCUT2D eigenvalue weighted by molar-refractivity contribution is 0.396. The number of nitrogens with zero attached hydrogens (tertiary/aromatic N) is 1. The molecule has 0 saturated heterocycles.